The standard InChI is InChI=1S/C29H30N2O6S/c1-17-6-5-9-22-21(17)14-15-23-25(22)28(32)29(33)26-24(18-7-3-2-4-8-18)16-30(27(23)26)38(36,37)20-12-10-19(11-13-20)31(34)35/h2-4,7-8,10-14,16-17,22-23,25-28,32H,5-6,9,15H2,1H3/t17-,22?,23?,25?,26?,27?,28?/m0/s1. The maximum atomic E-state index is 14.1. The van der Waals surface area contributed by atoms with Gasteiger partial charge in [0, 0.05) is 24.3 Å². The molecule has 3 aliphatic carbocycles. The molecule has 7 atom stereocenters. The van der Waals surface area contributed by atoms with Gasteiger partial charge in [-0.1, -0.05) is 55.3 Å². The van der Waals surface area contributed by atoms with E-state index >= 15 is 0 Å². The van der Waals surface area contributed by atoms with Gasteiger partial charge in [0.2, 0.25) is 0 Å². The number of carbonyl (C=O) groups is 1. The monoisotopic (exact) mass is 534 g/mol. The van der Waals surface area contributed by atoms with Gasteiger partial charge in [0.05, 0.1) is 21.8 Å². The number of sulfonamides is 1. The van der Waals surface area contributed by atoms with E-state index in [1.165, 1.54) is 34.1 Å². The first-order valence-corrected chi connectivity index (χ1v) is 14.6. The number of nitro groups is 1. The minimum Gasteiger partial charge on any atom is -0.385 e. The molecule has 0 aromatic heterocycles. The molecule has 198 valence electrons. The van der Waals surface area contributed by atoms with Crippen molar-refractivity contribution in [2.24, 2.45) is 29.6 Å². The first kappa shape index (κ1) is 25.0. The molecule has 0 saturated heterocycles. The van der Waals surface area contributed by atoms with Crippen LogP contribution in [0.3, 0.4) is 0 Å². The molecule has 1 N–H and O–H groups in total. The van der Waals surface area contributed by atoms with E-state index in [1.54, 1.807) is 6.20 Å². The van der Waals surface area contributed by atoms with Crippen molar-refractivity contribution in [3.05, 3.63) is 88.1 Å². The van der Waals surface area contributed by atoms with Gasteiger partial charge in [-0.2, -0.15) is 0 Å². The lowest BCUT2D eigenvalue weighted by atomic mass is 9.55. The van der Waals surface area contributed by atoms with Gasteiger partial charge in [0.1, 0.15) is 6.10 Å². The van der Waals surface area contributed by atoms with Crippen LogP contribution in [0.25, 0.3) is 5.57 Å². The molecule has 9 heteroatoms. The summed E-state index contributed by atoms with van der Waals surface area (Å²) >= 11 is 0. The molecule has 6 unspecified atom stereocenters. The van der Waals surface area contributed by atoms with E-state index in [-0.39, 0.29) is 34.1 Å². The summed E-state index contributed by atoms with van der Waals surface area (Å²) in [5, 5.41) is 22.6. The first-order valence-electron chi connectivity index (χ1n) is 13.2. The predicted molar refractivity (Wildman–Crippen MR) is 141 cm³/mol. The van der Waals surface area contributed by atoms with E-state index in [9.17, 15) is 28.4 Å². The number of aliphatic hydroxyl groups excluding tert-OH is 1. The molecule has 0 radical (unpaired) electrons. The van der Waals surface area contributed by atoms with Gasteiger partial charge in [0.15, 0.2) is 5.78 Å². The summed E-state index contributed by atoms with van der Waals surface area (Å²) < 4.78 is 29.4. The average molecular weight is 535 g/mol. The molecule has 6 rings (SSSR count). The number of allylic oxidation sites excluding steroid dienone is 2. The van der Waals surface area contributed by atoms with Crippen LogP contribution in [-0.4, -0.2) is 40.7 Å². The minimum absolute atomic E-state index is 0.0575. The van der Waals surface area contributed by atoms with Crippen LogP contribution in [0.1, 0.15) is 38.2 Å². The second-order valence-electron chi connectivity index (χ2n) is 11.0. The van der Waals surface area contributed by atoms with E-state index in [0.29, 0.717) is 17.9 Å². The summed E-state index contributed by atoms with van der Waals surface area (Å²) in [5.41, 5.74) is 2.41. The molecular weight excluding hydrogens is 504 g/mol. The van der Waals surface area contributed by atoms with Gasteiger partial charge in [-0.25, -0.2) is 8.42 Å². The highest BCUT2D eigenvalue weighted by Gasteiger charge is 2.60. The molecule has 2 aromatic rings. The maximum absolute atomic E-state index is 14.1. The lowest BCUT2D eigenvalue weighted by Crippen LogP contribution is -2.59. The Balaban J connectivity index is 1.48. The lowest BCUT2D eigenvalue weighted by Gasteiger charge is -2.52. The summed E-state index contributed by atoms with van der Waals surface area (Å²) in [6.45, 7) is 2.19. The normalized spacial score (nSPS) is 32.5. The van der Waals surface area contributed by atoms with Gasteiger partial charge in [-0.05, 0) is 60.3 Å². The van der Waals surface area contributed by atoms with E-state index in [0.717, 1.165) is 24.8 Å². The number of non-ortho nitro benzene ring substituents is 1. The first-order chi connectivity index (χ1) is 18.2. The Hall–Kier alpha value is -3.30. The van der Waals surface area contributed by atoms with Crippen LogP contribution in [-0.2, 0) is 14.8 Å². The van der Waals surface area contributed by atoms with Crippen LogP contribution in [0.15, 0.2) is 77.3 Å². The Morgan fingerprint density at radius 1 is 1.05 bits per heavy atom. The number of Topliss-reactive ketones (excluding diaryl/α,β-unsaturated/α-hetero) is 1. The van der Waals surface area contributed by atoms with Gasteiger partial charge < -0.3 is 5.11 Å². The number of fused-ring (bicyclic) bond motifs is 5. The number of aliphatic hydroxyl groups is 1. The fourth-order valence-electron chi connectivity index (χ4n) is 7.40. The van der Waals surface area contributed by atoms with Crippen molar-refractivity contribution in [3.8, 4) is 0 Å². The Morgan fingerprint density at radius 3 is 2.45 bits per heavy atom. The zero-order chi connectivity index (χ0) is 26.8. The second kappa shape index (κ2) is 9.17. The van der Waals surface area contributed by atoms with Gasteiger partial charge in [-0.3, -0.25) is 19.2 Å². The van der Waals surface area contributed by atoms with Crippen LogP contribution >= 0.6 is 0 Å². The largest absolute Gasteiger partial charge is 0.385 e. The highest BCUT2D eigenvalue weighted by atomic mass is 32.2. The average Bonchev–Trinajstić information content (AvgIpc) is 3.34. The Labute approximate surface area is 221 Å². The second-order valence-corrected chi connectivity index (χ2v) is 12.8. The van der Waals surface area contributed by atoms with Crippen molar-refractivity contribution in [3.63, 3.8) is 0 Å². The Kier molecular flexibility index (Phi) is 6.03. The van der Waals surface area contributed by atoms with Crippen LogP contribution in [0.2, 0.25) is 0 Å². The Bertz CT molecular complexity index is 1450. The van der Waals surface area contributed by atoms with Crippen LogP contribution in [0.4, 0.5) is 5.69 Å². The molecule has 0 spiro atoms. The van der Waals surface area contributed by atoms with Gasteiger partial charge in [-0.15, -0.1) is 0 Å². The van der Waals surface area contributed by atoms with Crippen molar-refractivity contribution in [1.82, 2.24) is 4.31 Å². The molecule has 0 bridgehead atoms. The highest BCUT2D eigenvalue weighted by molar-refractivity contribution is 7.89. The number of hydrogen-bond donors (Lipinski definition) is 1. The number of ketones is 1. The lowest BCUT2D eigenvalue weighted by molar-refractivity contribution is -0.384. The molecule has 0 amide bonds. The zero-order valence-corrected chi connectivity index (χ0v) is 21.8. The number of rotatable bonds is 4. The summed E-state index contributed by atoms with van der Waals surface area (Å²) in [7, 11) is -4.14. The molecule has 2 aromatic carbocycles. The van der Waals surface area contributed by atoms with E-state index in [4.69, 9.17) is 0 Å². The van der Waals surface area contributed by atoms with Crippen LogP contribution < -0.4 is 0 Å². The van der Waals surface area contributed by atoms with Crippen molar-refractivity contribution in [2.75, 3.05) is 0 Å². The number of nitro benzene ring substituents is 1. The fraction of sp³-hybridized carbons (Fsp3) is 0.414. The molecule has 2 fully saturated rings. The van der Waals surface area contributed by atoms with Crippen LogP contribution in [0.5, 0.6) is 0 Å². The molecule has 8 nitrogen and oxygen atoms in total. The third-order valence-corrected chi connectivity index (χ3v) is 10.9. The minimum atomic E-state index is -4.14. The summed E-state index contributed by atoms with van der Waals surface area (Å²) in [5.74, 6) is -1.26. The van der Waals surface area contributed by atoms with Crippen LogP contribution in [0, 0.1) is 39.7 Å². The molecule has 38 heavy (non-hydrogen) atoms. The number of carbonyl (C=O) groups excluding carboxylic acids is 1. The molecule has 2 saturated carbocycles. The Morgan fingerprint density at radius 2 is 1.76 bits per heavy atom. The van der Waals surface area contributed by atoms with Gasteiger partial charge >= 0.3 is 0 Å². The molecule has 4 aliphatic rings. The predicted octanol–water partition coefficient (Wildman–Crippen LogP) is 4.57. The van der Waals surface area contributed by atoms with E-state index < -0.39 is 33.0 Å². The summed E-state index contributed by atoms with van der Waals surface area (Å²) in [6.07, 6.45) is 6.19. The zero-order valence-electron chi connectivity index (χ0n) is 21.0. The van der Waals surface area contributed by atoms with Crippen molar-refractivity contribution >= 4 is 27.1 Å². The van der Waals surface area contributed by atoms with Crippen molar-refractivity contribution < 1.29 is 23.2 Å². The quantitative estimate of drug-likeness (QED) is 0.349. The van der Waals surface area contributed by atoms with E-state index in [1.807, 2.05) is 30.3 Å². The summed E-state index contributed by atoms with van der Waals surface area (Å²) in [4.78, 5) is 24.4. The van der Waals surface area contributed by atoms with Gasteiger partial charge in [0.25, 0.3) is 15.7 Å². The third kappa shape index (κ3) is 3.74. The number of nitrogens with zero attached hydrogens (tertiary/aromatic N) is 2. The fourth-order valence-corrected chi connectivity index (χ4v) is 8.97. The molecular formula is C29H30N2O6S. The van der Waals surface area contributed by atoms with Crippen molar-refractivity contribution in [2.45, 2.75) is 49.6 Å². The number of hydrogen-bond acceptors (Lipinski definition) is 6. The maximum Gasteiger partial charge on any atom is 0.269 e. The molecule has 1 aliphatic heterocycles. The topological polar surface area (TPSA) is 118 Å². The van der Waals surface area contributed by atoms with Crippen molar-refractivity contribution in [1.29, 1.82) is 0 Å². The number of benzene rings is 2. The smallest absolute Gasteiger partial charge is 0.269 e. The van der Waals surface area contributed by atoms with E-state index in [2.05, 4.69) is 13.0 Å². The highest BCUT2D eigenvalue weighted by Crippen LogP contribution is 2.56. The SMILES string of the molecule is C[C@H]1CCCC2C1=CCC1C2C(O)C(=O)C2C(c3ccccc3)=CN(S(=O)(=O)c3ccc([N+](=O)[O-])cc3)C21. The molecule has 1 heterocycles. The summed E-state index contributed by atoms with van der Waals surface area (Å²) in [6, 6.07) is 13.4. The third-order valence-electron chi connectivity index (χ3n) is 9.10.